The molecule has 1 aromatic heterocycles. The Morgan fingerprint density at radius 1 is 1.44 bits per heavy atom. The Kier molecular flexibility index (Phi) is 9.82. The Labute approximate surface area is 76.3 Å². The van der Waals surface area contributed by atoms with Gasteiger partial charge < -0.3 is 0 Å². The van der Waals surface area contributed by atoms with Gasteiger partial charge in [-0.25, -0.2) is 19.7 Å². The second-order valence-electron chi connectivity index (χ2n) is 0.918. The Morgan fingerprint density at radius 2 is 2.00 bits per heavy atom. The van der Waals surface area contributed by atoms with Crippen molar-refractivity contribution in [3.8, 4) is 0 Å². The van der Waals surface area contributed by atoms with Gasteiger partial charge >= 0.3 is 43.7 Å². The number of hydrogen-bond acceptors (Lipinski definition) is 0. The fourth-order valence-corrected chi connectivity index (χ4v) is 1.68. The van der Waals surface area contributed by atoms with Crippen LogP contribution in [0, 0.1) is 5.80 Å². The monoisotopic (exact) mass is 296 g/mol. The summed E-state index contributed by atoms with van der Waals surface area (Å²) in [5.74, 6) is 5.17. The molecule has 1 aromatic rings. The Morgan fingerprint density at radius 3 is 2.11 bits per heavy atom. The smallest absolute Gasteiger partial charge is 0.187 e. The van der Waals surface area contributed by atoms with Crippen LogP contribution < -0.4 is 0 Å². The van der Waals surface area contributed by atoms with Crippen molar-refractivity contribution in [2.75, 3.05) is 0 Å². The average Bonchev–Trinajstić information content (AvgIpc) is 2.11. The summed E-state index contributed by atoms with van der Waals surface area (Å²) in [6.45, 7) is 0. The minimum absolute atomic E-state index is 0.989. The molecule has 0 aliphatic heterocycles. The van der Waals surface area contributed by atoms with Gasteiger partial charge in [0, 0.05) is 0 Å². The molecule has 0 radical (unpaired) electrons. The van der Waals surface area contributed by atoms with Gasteiger partial charge in [-0.05, 0) is 0 Å². The molecular weight excluding hydrogens is 296 g/mol. The van der Waals surface area contributed by atoms with Crippen molar-refractivity contribution in [1.29, 1.82) is 0 Å². The second-order valence-corrected chi connectivity index (χ2v) is 14.6. The summed E-state index contributed by atoms with van der Waals surface area (Å²) in [5.41, 5.74) is 0. The Hall–Kier alpha value is 1.96. The number of halogens is 3. The Balaban J connectivity index is 0.000000148. The summed E-state index contributed by atoms with van der Waals surface area (Å²) < 4.78 is 0. The molecule has 0 bridgehead atoms. The molecule has 51 valence electrons. The largest absolute Gasteiger partial charge is 0.225 e. The van der Waals surface area contributed by atoms with Crippen molar-refractivity contribution in [2.45, 2.75) is 0 Å². The number of rotatable bonds is 0. The second kappa shape index (κ2) is 8.06. The molecule has 0 N–H and O–H groups in total. The maximum absolute atomic E-state index is 5.00. The SMILES string of the molecule is [Cl][Zr]([Cl])[Cl].[c-]1cc[pH]p1. The molecule has 6 heteroatoms. The van der Waals surface area contributed by atoms with Crippen LogP contribution in [0.15, 0.2) is 11.9 Å². The van der Waals surface area contributed by atoms with Gasteiger partial charge in [0.15, 0.2) is 0 Å². The van der Waals surface area contributed by atoms with E-state index in [9.17, 15) is 0 Å². The molecule has 0 spiro atoms. The topological polar surface area (TPSA) is 0 Å². The molecule has 0 amide bonds. The Bertz CT molecular complexity index is 101. The van der Waals surface area contributed by atoms with Crippen LogP contribution in [-0.2, 0) is 18.2 Å². The molecule has 0 aliphatic carbocycles. The van der Waals surface area contributed by atoms with Gasteiger partial charge in [-0.2, -0.15) is 13.7 Å². The molecule has 1 atom stereocenters. The molecule has 9 heavy (non-hydrogen) atoms. The maximum Gasteiger partial charge on any atom is -0.187 e. The first-order chi connectivity index (χ1) is 4.23. The molecule has 1 unspecified atom stereocenters. The van der Waals surface area contributed by atoms with Crippen LogP contribution >= 0.6 is 41.3 Å². The van der Waals surface area contributed by atoms with Gasteiger partial charge in [0.1, 0.15) is 0 Å². The first-order valence-corrected chi connectivity index (χ1v) is 14.2. The standard InChI is InChI=1S/C3H3P2.3ClH.Zr/c1-2-4-5-3-1;;;;/h1-2,4H;3*1H;/q-1;;;;+3/p-3. The zero-order chi connectivity index (χ0) is 7.11. The van der Waals surface area contributed by atoms with E-state index in [1.165, 1.54) is 7.87 Å². The van der Waals surface area contributed by atoms with Crippen LogP contribution in [-0.4, -0.2) is 0 Å². The first-order valence-electron chi connectivity index (χ1n) is 1.92. The third-order valence-electron chi connectivity index (χ3n) is 0.362. The zero-order valence-corrected chi connectivity index (χ0v) is 10.9. The fourth-order valence-electron chi connectivity index (χ4n) is 0.186. The zero-order valence-electron chi connectivity index (χ0n) is 4.24. The summed E-state index contributed by atoms with van der Waals surface area (Å²) in [5, 5.41) is 0. The van der Waals surface area contributed by atoms with Crippen LogP contribution in [0.25, 0.3) is 0 Å². The van der Waals surface area contributed by atoms with E-state index in [0.717, 1.165) is 7.87 Å². The van der Waals surface area contributed by atoms with Crippen molar-refractivity contribution >= 4 is 41.3 Å². The van der Waals surface area contributed by atoms with Crippen LogP contribution in [0.5, 0.6) is 0 Å². The summed E-state index contributed by atoms with van der Waals surface area (Å²) in [7, 11) is 17.4. The fraction of sp³-hybridized carbons (Fsp3) is 0. The van der Waals surface area contributed by atoms with E-state index in [4.69, 9.17) is 25.5 Å². The van der Waals surface area contributed by atoms with E-state index in [-0.39, 0.29) is 0 Å². The molecule has 1 rings (SSSR count). The molecule has 0 aliphatic rings. The molecule has 1 heterocycles. The summed E-state index contributed by atoms with van der Waals surface area (Å²) >= 11 is -2.13. The van der Waals surface area contributed by atoms with Gasteiger partial charge in [-0.3, -0.25) is 0 Å². The molecule has 0 fully saturated rings. The van der Waals surface area contributed by atoms with E-state index in [1.807, 2.05) is 6.07 Å². The number of hydrogen-bond donors (Lipinski definition) is 0. The first kappa shape index (κ1) is 11.0. The van der Waals surface area contributed by atoms with Crippen LogP contribution in [0.2, 0.25) is 0 Å². The molecular formula is C3H3Cl3P2Zr-. The summed E-state index contributed by atoms with van der Waals surface area (Å²) in [4.78, 5) is 0. The van der Waals surface area contributed by atoms with Crippen molar-refractivity contribution in [2.24, 2.45) is 0 Å². The summed E-state index contributed by atoms with van der Waals surface area (Å²) in [6, 6.07) is 1.99. The van der Waals surface area contributed by atoms with Crippen molar-refractivity contribution in [1.82, 2.24) is 0 Å². The third-order valence-corrected chi connectivity index (χ3v) is 2.31. The maximum atomic E-state index is 5.00. The normalized spacial score (nSPS) is 9.22. The predicted octanol–water partition coefficient (Wildman–Crippen LogP) is 4.16. The predicted molar refractivity (Wildman–Crippen MR) is 44.9 cm³/mol. The van der Waals surface area contributed by atoms with Crippen molar-refractivity contribution < 1.29 is 18.2 Å². The molecule has 0 saturated heterocycles. The van der Waals surface area contributed by atoms with Crippen molar-refractivity contribution in [3.05, 3.63) is 17.7 Å². The van der Waals surface area contributed by atoms with Gasteiger partial charge in [-0.15, -0.1) is 0 Å². The van der Waals surface area contributed by atoms with Crippen LogP contribution in [0.1, 0.15) is 0 Å². The third kappa shape index (κ3) is 13.0. The van der Waals surface area contributed by atoms with Gasteiger partial charge in [0.2, 0.25) is 0 Å². The van der Waals surface area contributed by atoms with Crippen LogP contribution in [0.3, 0.4) is 0 Å². The van der Waals surface area contributed by atoms with E-state index < -0.39 is 18.2 Å². The van der Waals surface area contributed by atoms with Gasteiger partial charge in [0.05, 0.1) is 0 Å². The van der Waals surface area contributed by atoms with E-state index in [0.29, 0.717) is 0 Å². The minimum atomic E-state index is -2.13. The molecule has 0 saturated carbocycles. The molecule has 0 aromatic carbocycles. The van der Waals surface area contributed by atoms with E-state index in [1.54, 1.807) is 0 Å². The van der Waals surface area contributed by atoms with Crippen LogP contribution in [0.4, 0.5) is 0 Å². The summed E-state index contributed by atoms with van der Waals surface area (Å²) in [6.07, 6.45) is 0. The van der Waals surface area contributed by atoms with E-state index >= 15 is 0 Å². The minimum Gasteiger partial charge on any atom is -0.225 e. The van der Waals surface area contributed by atoms with E-state index in [2.05, 4.69) is 11.6 Å². The molecule has 0 nitrogen and oxygen atoms in total. The quantitative estimate of drug-likeness (QED) is 0.631. The van der Waals surface area contributed by atoms with Gasteiger partial charge in [0.25, 0.3) is 0 Å². The van der Waals surface area contributed by atoms with Crippen molar-refractivity contribution in [3.63, 3.8) is 0 Å². The average molecular weight is 299 g/mol. The van der Waals surface area contributed by atoms with Gasteiger partial charge in [-0.1, -0.05) is 0 Å².